The molecule has 0 aromatic heterocycles. The maximum absolute atomic E-state index is 12.9. The molecule has 0 saturated carbocycles. The van der Waals surface area contributed by atoms with Crippen LogP contribution in [-0.4, -0.2) is 97.5 Å². The average Bonchev–Trinajstić information content (AvgIpc) is 3.36. The van der Waals surface area contributed by atoms with Gasteiger partial charge in [-0.05, 0) is 96.3 Å². The van der Waals surface area contributed by atoms with E-state index >= 15 is 0 Å². The van der Waals surface area contributed by atoms with Crippen LogP contribution >= 0.6 is 0 Å². The summed E-state index contributed by atoms with van der Waals surface area (Å²) in [5, 5.41) is 30.8. The first kappa shape index (κ1) is 67.0. The van der Waals surface area contributed by atoms with E-state index in [-0.39, 0.29) is 19.6 Å². The van der Waals surface area contributed by atoms with Crippen LogP contribution in [0.15, 0.2) is 97.2 Å². The van der Waals surface area contributed by atoms with Crippen LogP contribution < -0.4 is 0 Å². The molecular formula is C59H100O12S. The Bertz CT molecular complexity index is 1620. The zero-order chi connectivity index (χ0) is 52.4. The van der Waals surface area contributed by atoms with Crippen LogP contribution in [0.4, 0.5) is 0 Å². The van der Waals surface area contributed by atoms with Gasteiger partial charge in [0.15, 0.2) is 6.29 Å². The summed E-state index contributed by atoms with van der Waals surface area (Å²) in [4.78, 5) is 12.9. The van der Waals surface area contributed by atoms with Gasteiger partial charge in [-0.25, -0.2) is 4.18 Å². The van der Waals surface area contributed by atoms with Crippen molar-refractivity contribution in [1.82, 2.24) is 0 Å². The molecule has 0 spiro atoms. The van der Waals surface area contributed by atoms with Crippen molar-refractivity contribution in [1.29, 1.82) is 0 Å². The molecule has 0 aromatic carbocycles. The summed E-state index contributed by atoms with van der Waals surface area (Å²) in [5.74, 6) is -0.417. The van der Waals surface area contributed by atoms with Gasteiger partial charge in [0.2, 0.25) is 0 Å². The molecule has 6 atom stereocenters. The first-order valence-electron chi connectivity index (χ1n) is 28.0. The monoisotopic (exact) mass is 1030 g/mol. The first-order valence-corrected chi connectivity index (χ1v) is 29.4. The normalized spacial score (nSPS) is 19.7. The minimum Gasteiger partial charge on any atom is -0.457 e. The van der Waals surface area contributed by atoms with Crippen LogP contribution in [0.3, 0.4) is 0 Å². The van der Waals surface area contributed by atoms with Crippen LogP contribution in [0.1, 0.15) is 206 Å². The lowest BCUT2D eigenvalue weighted by Gasteiger charge is -2.41. The summed E-state index contributed by atoms with van der Waals surface area (Å²) in [6.07, 6.45) is 58.6. The molecule has 1 aliphatic heterocycles. The standard InChI is InChI=1S/C59H100O12S/c1-3-5-7-9-11-13-15-17-19-21-23-25-26-27-29-31-33-35-37-39-41-43-45-47-49-67-51-53(52-68-59-57(63)58(71-72(64,65)66)56(62)54(50-60)70-59)69-55(61)48-46-44-42-40-38-36-34-32-30-28-24-22-20-18-16-14-12-10-8-6-4-2/h5,7,11,13,16-19,22-25,27,29-30,32,53-54,56-60,62-63H,3-4,6,8-10,12,14-15,20-21,26,28,31,33-52H2,1-2H3,(H,64,65,66)/b7-5-,13-11-,18-16-,19-17-,24-22-,25-23-,29-27-,32-30-. The fourth-order valence-electron chi connectivity index (χ4n) is 8.00. The fourth-order valence-corrected chi connectivity index (χ4v) is 8.51. The van der Waals surface area contributed by atoms with Gasteiger partial charge in [0.05, 0.1) is 19.8 Å². The molecule has 414 valence electrons. The Kier molecular flexibility index (Phi) is 45.6. The summed E-state index contributed by atoms with van der Waals surface area (Å²) in [6, 6.07) is 0. The molecule has 13 heteroatoms. The first-order chi connectivity index (χ1) is 35.1. The van der Waals surface area contributed by atoms with Gasteiger partial charge >= 0.3 is 16.4 Å². The van der Waals surface area contributed by atoms with Crippen LogP contribution in [-0.2, 0) is 38.3 Å². The lowest BCUT2D eigenvalue weighted by molar-refractivity contribution is -0.301. The Morgan fingerprint density at radius 2 is 0.958 bits per heavy atom. The highest BCUT2D eigenvalue weighted by Gasteiger charge is 2.48. The third-order valence-corrected chi connectivity index (χ3v) is 12.7. The zero-order valence-electron chi connectivity index (χ0n) is 44.7. The van der Waals surface area contributed by atoms with Gasteiger partial charge in [0.1, 0.15) is 30.5 Å². The summed E-state index contributed by atoms with van der Waals surface area (Å²) in [5.41, 5.74) is 0. The molecule has 1 saturated heterocycles. The van der Waals surface area contributed by atoms with Crippen molar-refractivity contribution in [2.75, 3.05) is 26.4 Å². The maximum atomic E-state index is 12.9. The molecule has 6 unspecified atom stereocenters. The number of esters is 1. The molecule has 72 heavy (non-hydrogen) atoms. The van der Waals surface area contributed by atoms with Crippen LogP contribution in [0.25, 0.3) is 0 Å². The van der Waals surface area contributed by atoms with Gasteiger partial charge in [-0.1, -0.05) is 201 Å². The van der Waals surface area contributed by atoms with Crippen LogP contribution in [0, 0.1) is 0 Å². The van der Waals surface area contributed by atoms with Crippen molar-refractivity contribution in [3.63, 3.8) is 0 Å². The minimum absolute atomic E-state index is 0.0187. The van der Waals surface area contributed by atoms with Crippen molar-refractivity contribution in [3.05, 3.63) is 97.2 Å². The van der Waals surface area contributed by atoms with E-state index in [0.29, 0.717) is 13.0 Å². The second-order valence-corrected chi connectivity index (χ2v) is 19.8. The van der Waals surface area contributed by atoms with E-state index in [1.165, 1.54) is 70.6 Å². The summed E-state index contributed by atoms with van der Waals surface area (Å²) in [6.45, 7) is 3.83. The van der Waals surface area contributed by atoms with E-state index < -0.39 is 59.8 Å². The molecular weight excluding hydrogens is 933 g/mol. The highest BCUT2D eigenvalue weighted by Crippen LogP contribution is 2.26. The van der Waals surface area contributed by atoms with Gasteiger partial charge in [-0.15, -0.1) is 0 Å². The number of carbonyl (C=O) groups is 1. The molecule has 0 aromatic rings. The van der Waals surface area contributed by atoms with Crippen molar-refractivity contribution in [3.8, 4) is 0 Å². The highest BCUT2D eigenvalue weighted by atomic mass is 32.3. The number of rotatable bonds is 48. The van der Waals surface area contributed by atoms with Gasteiger partial charge in [-0.2, -0.15) is 8.42 Å². The maximum Gasteiger partial charge on any atom is 0.397 e. The lowest BCUT2D eigenvalue weighted by atomic mass is 9.99. The zero-order valence-corrected chi connectivity index (χ0v) is 45.5. The van der Waals surface area contributed by atoms with Gasteiger partial charge in [0, 0.05) is 13.0 Å². The van der Waals surface area contributed by atoms with E-state index in [1.807, 2.05) is 0 Å². The minimum atomic E-state index is -5.08. The average molecular weight is 1030 g/mol. The third-order valence-electron chi connectivity index (χ3n) is 12.2. The second kappa shape index (κ2) is 48.9. The molecule has 0 radical (unpaired) electrons. The Morgan fingerprint density at radius 3 is 1.40 bits per heavy atom. The smallest absolute Gasteiger partial charge is 0.397 e. The Labute approximate surface area is 437 Å². The number of unbranched alkanes of at least 4 members (excludes halogenated alkanes) is 19. The number of hydrogen-bond donors (Lipinski definition) is 4. The van der Waals surface area contributed by atoms with Crippen molar-refractivity contribution in [2.45, 2.75) is 243 Å². The molecule has 0 amide bonds. The van der Waals surface area contributed by atoms with Crippen LogP contribution in [0.2, 0.25) is 0 Å². The predicted molar refractivity (Wildman–Crippen MR) is 294 cm³/mol. The molecule has 4 N–H and O–H groups in total. The van der Waals surface area contributed by atoms with Gasteiger partial charge in [0.25, 0.3) is 0 Å². The molecule has 0 bridgehead atoms. The SMILES string of the molecule is CC/C=C\C/C=C\C/C=C\C/C=C\C/C=C\CCCCCCCCCCOCC(COC1OC(CO)C(O)C(OS(=O)(=O)O)C1O)OC(=O)CCCCCCCC/C=C\C/C=C\C/C=C\CCCCCCC. The number of allylic oxidation sites excluding steroid dienone is 16. The highest BCUT2D eigenvalue weighted by molar-refractivity contribution is 7.80. The van der Waals surface area contributed by atoms with Crippen molar-refractivity contribution < 1.29 is 56.2 Å². The van der Waals surface area contributed by atoms with Crippen molar-refractivity contribution >= 4 is 16.4 Å². The Balaban J connectivity index is 2.35. The molecule has 0 aliphatic carbocycles. The number of hydrogen-bond acceptors (Lipinski definition) is 11. The molecule has 12 nitrogen and oxygen atoms in total. The van der Waals surface area contributed by atoms with Gasteiger partial charge in [-0.3, -0.25) is 9.35 Å². The van der Waals surface area contributed by atoms with Crippen LogP contribution in [0.5, 0.6) is 0 Å². The molecule has 1 rings (SSSR count). The van der Waals surface area contributed by atoms with E-state index in [9.17, 15) is 33.1 Å². The Morgan fingerprint density at radius 1 is 0.542 bits per heavy atom. The van der Waals surface area contributed by atoms with E-state index in [2.05, 4.69) is 115 Å². The predicted octanol–water partition coefficient (Wildman–Crippen LogP) is 13.8. The van der Waals surface area contributed by atoms with Gasteiger partial charge < -0.3 is 34.3 Å². The molecule has 1 heterocycles. The summed E-state index contributed by atoms with van der Waals surface area (Å²) in [7, 11) is -5.08. The summed E-state index contributed by atoms with van der Waals surface area (Å²) < 4.78 is 59.4. The van der Waals surface area contributed by atoms with Crippen molar-refractivity contribution in [2.24, 2.45) is 0 Å². The van der Waals surface area contributed by atoms with E-state index in [4.69, 9.17) is 18.9 Å². The van der Waals surface area contributed by atoms with E-state index in [1.54, 1.807) is 0 Å². The number of carbonyl (C=O) groups excluding carboxylic acids is 1. The quantitative estimate of drug-likeness (QED) is 0.0196. The number of aliphatic hydroxyl groups is 3. The topological polar surface area (TPSA) is 178 Å². The third kappa shape index (κ3) is 41.4. The fraction of sp³-hybridized carbons (Fsp3) is 0.712. The molecule has 1 aliphatic rings. The molecule has 1 fully saturated rings. The second-order valence-electron chi connectivity index (χ2n) is 18.8. The lowest BCUT2D eigenvalue weighted by Crippen LogP contribution is -2.60. The van der Waals surface area contributed by atoms with E-state index in [0.717, 1.165) is 109 Å². The number of ether oxygens (including phenoxy) is 4. The number of aliphatic hydroxyl groups excluding tert-OH is 3. The largest absolute Gasteiger partial charge is 0.457 e. The summed E-state index contributed by atoms with van der Waals surface area (Å²) >= 11 is 0. The Hall–Kier alpha value is -2.98.